The van der Waals surface area contributed by atoms with E-state index < -0.39 is 0 Å². The third-order valence-electron chi connectivity index (χ3n) is 6.96. The molecule has 5 nitrogen and oxygen atoms in total. The quantitative estimate of drug-likeness (QED) is 0.873. The van der Waals surface area contributed by atoms with Crippen molar-refractivity contribution in [2.45, 2.75) is 69.1 Å². The SMILES string of the molecule is c1cn(-c2ccc(N3CCC(NC4COC5(CCCCC5)C4)CC3)cc2)cn1. The molecule has 1 aromatic carbocycles. The molecule has 1 atom stereocenters. The Hall–Kier alpha value is -1.85. The Bertz CT molecular complexity index is 743. The number of aromatic nitrogens is 2. The summed E-state index contributed by atoms with van der Waals surface area (Å²) in [6.07, 6.45) is 15.9. The molecule has 1 unspecified atom stereocenters. The molecule has 5 heteroatoms. The van der Waals surface area contributed by atoms with Crippen LogP contribution in [0.5, 0.6) is 0 Å². The molecule has 2 aromatic rings. The standard InChI is InChI=1S/C23H32N4O/c1-2-10-23(11-3-1)16-20(17-28-23)25-19-8-13-26(14-9-19)21-4-6-22(7-5-21)27-15-12-24-18-27/h4-7,12,15,18-20,25H,1-3,8-11,13-14,16-17H2. The van der Waals surface area contributed by atoms with Gasteiger partial charge in [-0.05, 0) is 56.4 Å². The third-order valence-corrected chi connectivity index (χ3v) is 6.96. The number of imidazole rings is 1. The zero-order valence-corrected chi connectivity index (χ0v) is 16.7. The Morgan fingerprint density at radius 3 is 2.43 bits per heavy atom. The highest BCUT2D eigenvalue weighted by atomic mass is 16.5. The first-order chi connectivity index (χ1) is 13.8. The first kappa shape index (κ1) is 18.2. The van der Waals surface area contributed by atoms with Crippen molar-refractivity contribution in [3.05, 3.63) is 43.0 Å². The molecule has 1 aromatic heterocycles. The maximum Gasteiger partial charge on any atom is 0.0991 e. The lowest BCUT2D eigenvalue weighted by molar-refractivity contribution is -0.0246. The van der Waals surface area contributed by atoms with Crippen molar-refractivity contribution in [2.75, 3.05) is 24.6 Å². The Labute approximate surface area is 168 Å². The summed E-state index contributed by atoms with van der Waals surface area (Å²) < 4.78 is 8.33. The average molecular weight is 381 g/mol. The molecule has 3 fully saturated rings. The molecule has 1 saturated carbocycles. The highest BCUT2D eigenvalue weighted by Crippen LogP contribution is 2.39. The molecule has 1 spiro atoms. The smallest absolute Gasteiger partial charge is 0.0991 e. The van der Waals surface area contributed by atoms with Crippen molar-refractivity contribution < 1.29 is 4.74 Å². The second kappa shape index (κ2) is 7.88. The van der Waals surface area contributed by atoms with Gasteiger partial charge < -0.3 is 19.5 Å². The van der Waals surface area contributed by atoms with Crippen LogP contribution in [0, 0.1) is 0 Å². The van der Waals surface area contributed by atoms with Crippen molar-refractivity contribution in [1.82, 2.24) is 14.9 Å². The van der Waals surface area contributed by atoms with Gasteiger partial charge in [-0.15, -0.1) is 0 Å². The molecule has 0 bridgehead atoms. The molecule has 2 saturated heterocycles. The summed E-state index contributed by atoms with van der Waals surface area (Å²) >= 11 is 0. The number of hydrogen-bond acceptors (Lipinski definition) is 4. The number of piperidine rings is 1. The Morgan fingerprint density at radius 2 is 1.71 bits per heavy atom. The fraction of sp³-hybridized carbons (Fsp3) is 0.609. The Morgan fingerprint density at radius 1 is 0.964 bits per heavy atom. The van der Waals surface area contributed by atoms with Crippen molar-refractivity contribution in [1.29, 1.82) is 0 Å². The van der Waals surface area contributed by atoms with Gasteiger partial charge in [-0.25, -0.2) is 4.98 Å². The summed E-state index contributed by atoms with van der Waals surface area (Å²) in [6, 6.07) is 10.0. The highest BCUT2D eigenvalue weighted by molar-refractivity contribution is 5.51. The number of hydrogen-bond donors (Lipinski definition) is 1. The highest BCUT2D eigenvalue weighted by Gasteiger charge is 2.41. The van der Waals surface area contributed by atoms with E-state index in [0.29, 0.717) is 12.1 Å². The van der Waals surface area contributed by atoms with Crippen molar-refractivity contribution in [3.8, 4) is 5.69 Å². The number of ether oxygens (including phenoxy) is 1. The topological polar surface area (TPSA) is 42.3 Å². The summed E-state index contributed by atoms with van der Waals surface area (Å²) in [5, 5.41) is 3.93. The van der Waals surface area contributed by atoms with E-state index in [0.717, 1.165) is 25.4 Å². The number of rotatable bonds is 4. The summed E-state index contributed by atoms with van der Waals surface area (Å²) in [7, 11) is 0. The van der Waals surface area contributed by atoms with Gasteiger partial charge in [0.15, 0.2) is 0 Å². The van der Waals surface area contributed by atoms with Crippen LogP contribution >= 0.6 is 0 Å². The lowest BCUT2D eigenvalue weighted by Gasteiger charge is -2.36. The fourth-order valence-corrected chi connectivity index (χ4v) is 5.38. The summed E-state index contributed by atoms with van der Waals surface area (Å²) in [4.78, 5) is 6.64. The van der Waals surface area contributed by atoms with Crippen LogP contribution in [-0.4, -0.2) is 46.9 Å². The Balaban J connectivity index is 1.12. The van der Waals surface area contributed by atoms with Crippen LogP contribution in [-0.2, 0) is 4.74 Å². The molecule has 150 valence electrons. The predicted molar refractivity (Wildman–Crippen MR) is 112 cm³/mol. The van der Waals surface area contributed by atoms with Crippen molar-refractivity contribution in [3.63, 3.8) is 0 Å². The zero-order chi connectivity index (χ0) is 18.8. The van der Waals surface area contributed by atoms with E-state index in [-0.39, 0.29) is 5.60 Å². The van der Waals surface area contributed by atoms with Gasteiger partial charge in [-0.1, -0.05) is 19.3 Å². The van der Waals surface area contributed by atoms with E-state index in [1.165, 1.54) is 57.1 Å². The van der Waals surface area contributed by atoms with Crippen LogP contribution in [0.3, 0.4) is 0 Å². The number of nitrogens with one attached hydrogen (secondary N) is 1. The summed E-state index contributed by atoms with van der Waals surface area (Å²) in [5.41, 5.74) is 2.71. The minimum atomic E-state index is 0.216. The van der Waals surface area contributed by atoms with Gasteiger partial charge in [0.25, 0.3) is 0 Å². The van der Waals surface area contributed by atoms with E-state index in [9.17, 15) is 0 Å². The number of benzene rings is 1. The van der Waals surface area contributed by atoms with Gasteiger partial charge in [-0.3, -0.25) is 0 Å². The van der Waals surface area contributed by atoms with Crippen LogP contribution in [0.2, 0.25) is 0 Å². The summed E-state index contributed by atoms with van der Waals surface area (Å²) in [6.45, 7) is 3.16. The number of anilines is 1. The van der Waals surface area contributed by atoms with Gasteiger partial charge in [0, 0.05) is 48.9 Å². The van der Waals surface area contributed by atoms with Crippen molar-refractivity contribution >= 4 is 5.69 Å². The second-order valence-electron chi connectivity index (χ2n) is 8.87. The van der Waals surface area contributed by atoms with Crippen LogP contribution in [0.1, 0.15) is 51.4 Å². The predicted octanol–water partition coefficient (Wildman–Crippen LogP) is 3.92. The van der Waals surface area contributed by atoms with Gasteiger partial charge in [-0.2, -0.15) is 0 Å². The van der Waals surface area contributed by atoms with Crippen LogP contribution in [0.4, 0.5) is 5.69 Å². The zero-order valence-electron chi connectivity index (χ0n) is 16.7. The second-order valence-corrected chi connectivity index (χ2v) is 8.87. The molecule has 1 aliphatic carbocycles. The van der Waals surface area contributed by atoms with Gasteiger partial charge in [0.05, 0.1) is 18.5 Å². The van der Waals surface area contributed by atoms with Crippen molar-refractivity contribution in [2.24, 2.45) is 0 Å². The normalized spacial score (nSPS) is 25.4. The van der Waals surface area contributed by atoms with E-state index in [2.05, 4.69) is 39.5 Å². The molecule has 2 aliphatic heterocycles. The molecule has 0 radical (unpaired) electrons. The molecular formula is C23H32N4O. The molecule has 3 heterocycles. The molecule has 28 heavy (non-hydrogen) atoms. The molecular weight excluding hydrogens is 348 g/mol. The lowest BCUT2D eigenvalue weighted by Crippen LogP contribution is -2.47. The Kier molecular flexibility index (Phi) is 5.12. The average Bonchev–Trinajstić information content (AvgIpc) is 3.41. The summed E-state index contributed by atoms with van der Waals surface area (Å²) in [5.74, 6) is 0. The first-order valence-corrected chi connectivity index (χ1v) is 11.0. The number of nitrogens with zero attached hydrogens (tertiary/aromatic N) is 3. The van der Waals surface area contributed by atoms with Crippen LogP contribution in [0.25, 0.3) is 5.69 Å². The molecule has 5 rings (SSSR count). The van der Waals surface area contributed by atoms with Gasteiger partial charge in [0.2, 0.25) is 0 Å². The third kappa shape index (κ3) is 3.83. The molecule has 3 aliphatic rings. The first-order valence-electron chi connectivity index (χ1n) is 11.0. The van der Waals surface area contributed by atoms with Crippen LogP contribution in [0.15, 0.2) is 43.0 Å². The van der Waals surface area contributed by atoms with Gasteiger partial charge >= 0.3 is 0 Å². The van der Waals surface area contributed by atoms with E-state index in [4.69, 9.17) is 4.74 Å². The lowest BCUT2D eigenvalue weighted by atomic mass is 9.82. The molecule has 1 N–H and O–H groups in total. The largest absolute Gasteiger partial charge is 0.373 e. The maximum absolute atomic E-state index is 6.29. The minimum Gasteiger partial charge on any atom is -0.373 e. The van der Waals surface area contributed by atoms with Crippen LogP contribution < -0.4 is 10.2 Å². The fourth-order valence-electron chi connectivity index (χ4n) is 5.38. The van der Waals surface area contributed by atoms with E-state index in [1.54, 1.807) is 0 Å². The maximum atomic E-state index is 6.29. The van der Waals surface area contributed by atoms with Gasteiger partial charge in [0.1, 0.15) is 0 Å². The molecule has 0 amide bonds. The monoisotopic (exact) mass is 380 g/mol. The van der Waals surface area contributed by atoms with E-state index >= 15 is 0 Å². The minimum absolute atomic E-state index is 0.216. The van der Waals surface area contributed by atoms with E-state index in [1.807, 2.05) is 23.3 Å².